The number of hydrogen-bond acceptors (Lipinski definition) is 2. The fourth-order valence-electron chi connectivity index (χ4n) is 2.10. The van der Waals surface area contributed by atoms with Gasteiger partial charge >= 0.3 is 6.03 Å². The molecule has 0 bridgehead atoms. The maximum absolute atomic E-state index is 11.7. The van der Waals surface area contributed by atoms with Crippen molar-refractivity contribution < 1.29 is 4.79 Å². The highest BCUT2D eigenvalue weighted by Gasteiger charge is 2.17. The number of hydrogen-bond donors (Lipinski definition) is 2. The molecule has 17 heavy (non-hydrogen) atoms. The second kappa shape index (κ2) is 5.35. The van der Waals surface area contributed by atoms with Crippen molar-refractivity contribution in [2.45, 2.75) is 31.7 Å². The van der Waals surface area contributed by atoms with Crippen molar-refractivity contribution in [3.63, 3.8) is 0 Å². The Morgan fingerprint density at radius 1 is 1.29 bits per heavy atom. The molecule has 88 valence electrons. The van der Waals surface area contributed by atoms with Crippen LogP contribution in [0.3, 0.4) is 0 Å². The number of amides is 2. The van der Waals surface area contributed by atoms with Gasteiger partial charge in [0.2, 0.25) is 0 Å². The van der Waals surface area contributed by atoms with Gasteiger partial charge < -0.3 is 10.6 Å². The topological polar surface area (TPSA) is 64.9 Å². The van der Waals surface area contributed by atoms with Crippen molar-refractivity contribution in [3.8, 4) is 6.07 Å². The number of anilines is 1. The Bertz CT molecular complexity index is 444. The minimum absolute atomic E-state index is 0.223. The van der Waals surface area contributed by atoms with Gasteiger partial charge in [-0.15, -0.1) is 0 Å². The van der Waals surface area contributed by atoms with Crippen LogP contribution in [0.25, 0.3) is 0 Å². The molecule has 2 amide bonds. The van der Waals surface area contributed by atoms with Gasteiger partial charge in [-0.25, -0.2) is 4.79 Å². The van der Waals surface area contributed by atoms with Gasteiger partial charge in [0, 0.05) is 6.04 Å². The first kappa shape index (κ1) is 11.5. The van der Waals surface area contributed by atoms with E-state index in [2.05, 4.69) is 16.7 Å². The lowest BCUT2D eigenvalue weighted by molar-refractivity contribution is 0.248. The number of nitrogens with one attached hydrogen (secondary N) is 2. The summed E-state index contributed by atoms with van der Waals surface area (Å²) in [6.07, 6.45) is 4.46. The largest absolute Gasteiger partial charge is 0.335 e. The molecule has 0 radical (unpaired) electrons. The average molecular weight is 229 g/mol. The second-order valence-corrected chi connectivity index (χ2v) is 4.24. The Morgan fingerprint density at radius 2 is 2.00 bits per heavy atom. The normalized spacial score (nSPS) is 15.2. The lowest BCUT2D eigenvalue weighted by atomic mass is 10.2. The standard InChI is InChI=1S/C13H15N3O/c14-9-10-5-1-4-8-12(10)16-13(17)15-11-6-2-3-7-11/h1,4-5,8,11H,2-3,6-7H2,(H2,15,16,17). The van der Waals surface area contributed by atoms with E-state index in [-0.39, 0.29) is 12.1 Å². The van der Waals surface area contributed by atoms with Crippen molar-refractivity contribution in [2.75, 3.05) is 5.32 Å². The molecule has 1 aliphatic carbocycles. The Kier molecular flexibility index (Phi) is 3.61. The summed E-state index contributed by atoms with van der Waals surface area (Å²) in [5, 5.41) is 14.5. The summed E-state index contributed by atoms with van der Waals surface area (Å²) in [5.41, 5.74) is 1.04. The molecule has 1 aromatic rings. The van der Waals surface area contributed by atoms with Gasteiger partial charge in [-0.1, -0.05) is 25.0 Å². The second-order valence-electron chi connectivity index (χ2n) is 4.24. The van der Waals surface area contributed by atoms with E-state index >= 15 is 0 Å². The highest BCUT2D eigenvalue weighted by atomic mass is 16.2. The van der Waals surface area contributed by atoms with Crippen LogP contribution in [0.2, 0.25) is 0 Å². The van der Waals surface area contributed by atoms with E-state index in [4.69, 9.17) is 5.26 Å². The van der Waals surface area contributed by atoms with Crippen molar-refractivity contribution in [3.05, 3.63) is 29.8 Å². The van der Waals surface area contributed by atoms with E-state index in [0.717, 1.165) is 12.8 Å². The molecule has 0 aromatic heterocycles. The highest BCUT2D eigenvalue weighted by molar-refractivity contribution is 5.90. The summed E-state index contributed by atoms with van der Waals surface area (Å²) in [6, 6.07) is 9.10. The van der Waals surface area contributed by atoms with Crippen LogP contribution < -0.4 is 10.6 Å². The number of urea groups is 1. The van der Waals surface area contributed by atoms with Crippen LogP contribution in [-0.4, -0.2) is 12.1 Å². The first-order valence-electron chi connectivity index (χ1n) is 5.86. The van der Waals surface area contributed by atoms with Crippen LogP contribution in [0.4, 0.5) is 10.5 Å². The first-order chi connectivity index (χ1) is 8.29. The molecule has 2 rings (SSSR count). The third kappa shape index (κ3) is 2.97. The number of nitriles is 1. The summed E-state index contributed by atoms with van der Waals surface area (Å²) in [7, 11) is 0. The van der Waals surface area contributed by atoms with Gasteiger partial charge in [0.1, 0.15) is 6.07 Å². The SMILES string of the molecule is N#Cc1ccccc1NC(=O)NC1CCCC1. The zero-order valence-corrected chi connectivity index (χ0v) is 9.57. The summed E-state index contributed by atoms with van der Waals surface area (Å²) >= 11 is 0. The number of rotatable bonds is 2. The Hall–Kier alpha value is -2.02. The molecule has 0 unspecified atom stereocenters. The first-order valence-corrected chi connectivity index (χ1v) is 5.86. The molecule has 1 saturated carbocycles. The van der Waals surface area contributed by atoms with Gasteiger partial charge in [0.15, 0.2) is 0 Å². The lowest BCUT2D eigenvalue weighted by Crippen LogP contribution is -2.36. The number of benzene rings is 1. The molecule has 4 nitrogen and oxygen atoms in total. The summed E-state index contributed by atoms with van der Waals surface area (Å²) in [5.74, 6) is 0. The molecule has 2 N–H and O–H groups in total. The van der Waals surface area contributed by atoms with Gasteiger partial charge in [-0.05, 0) is 25.0 Å². The van der Waals surface area contributed by atoms with E-state index in [0.29, 0.717) is 11.3 Å². The predicted molar refractivity (Wildman–Crippen MR) is 65.6 cm³/mol. The number of nitrogens with zero attached hydrogens (tertiary/aromatic N) is 1. The number of carbonyl (C=O) groups excluding carboxylic acids is 1. The third-order valence-electron chi connectivity index (χ3n) is 2.99. The third-order valence-corrected chi connectivity index (χ3v) is 2.99. The Balaban J connectivity index is 1.95. The molecular weight excluding hydrogens is 214 g/mol. The Morgan fingerprint density at radius 3 is 2.71 bits per heavy atom. The predicted octanol–water partition coefficient (Wildman–Crippen LogP) is 2.62. The Labute approximate surface area is 101 Å². The molecule has 0 saturated heterocycles. The quantitative estimate of drug-likeness (QED) is 0.818. The average Bonchev–Trinajstić information content (AvgIpc) is 2.82. The summed E-state index contributed by atoms with van der Waals surface area (Å²) in [6.45, 7) is 0. The zero-order chi connectivity index (χ0) is 12.1. The molecule has 1 fully saturated rings. The fraction of sp³-hybridized carbons (Fsp3) is 0.385. The van der Waals surface area contributed by atoms with Crippen LogP contribution in [0, 0.1) is 11.3 Å². The minimum atomic E-state index is -0.223. The minimum Gasteiger partial charge on any atom is -0.335 e. The van der Waals surface area contributed by atoms with Crippen molar-refractivity contribution in [1.82, 2.24) is 5.32 Å². The van der Waals surface area contributed by atoms with Gasteiger partial charge in [-0.2, -0.15) is 5.26 Å². The van der Waals surface area contributed by atoms with Crippen molar-refractivity contribution >= 4 is 11.7 Å². The van der Waals surface area contributed by atoms with E-state index in [1.54, 1.807) is 24.3 Å². The lowest BCUT2D eigenvalue weighted by Gasteiger charge is -2.13. The number of para-hydroxylation sites is 1. The van der Waals surface area contributed by atoms with Gasteiger partial charge in [-0.3, -0.25) is 0 Å². The monoisotopic (exact) mass is 229 g/mol. The van der Waals surface area contributed by atoms with Crippen LogP contribution in [0.15, 0.2) is 24.3 Å². The van der Waals surface area contributed by atoms with E-state index < -0.39 is 0 Å². The van der Waals surface area contributed by atoms with E-state index in [1.165, 1.54) is 12.8 Å². The van der Waals surface area contributed by atoms with Crippen LogP contribution in [0.1, 0.15) is 31.2 Å². The van der Waals surface area contributed by atoms with Crippen LogP contribution in [-0.2, 0) is 0 Å². The molecular formula is C13H15N3O. The summed E-state index contributed by atoms with van der Waals surface area (Å²) < 4.78 is 0. The molecule has 0 aliphatic heterocycles. The van der Waals surface area contributed by atoms with Crippen LogP contribution >= 0.6 is 0 Å². The zero-order valence-electron chi connectivity index (χ0n) is 9.57. The van der Waals surface area contributed by atoms with Gasteiger partial charge in [0.05, 0.1) is 11.3 Å². The maximum Gasteiger partial charge on any atom is 0.319 e. The summed E-state index contributed by atoms with van der Waals surface area (Å²) in [4.78, 5) is 11.7. The molecule has 0 atom stereocenters. The molecule has 0 heterocycles. The molecule has 0 spiro atoms. The van der Waals surface area contributed by atoms with Gasteiger partial charge in [0.25, 0.3) is 0 Å². The highest BCUT2D eigenvalue weighted by Crippen LogP contribution is 2.18. The maximum atomic E-state index is 11.7. The number of carbonyl (C=O) groups is 1. The van der Waals surface area contributed by atoms with Crippen molar-refractivity contribution in [1.29, 1.82) is 5.26 Å². The molecule has 1 aromatic carbocycles. The molecule has 4 heteroatoms. The fourth-order valence-corrected chi connectivity index (χ4v) is 2.10. The van der Waals surface area contributed by atoms with E-state index in [1.807, 2.05) is 0 Å². The van der Waals surface area contributed by atoms with Crippen molar-refractivity contribution in [2.24, 2.45) is 0 Å². The van der Waals surface area contributed by atoms with E-state index in [9.17, 15) is 4.79 Å². The smallest absolute Gasteiger partial charge is 0.319 e. The van der Waals surface area contributed by atoms with Crippen LogP contribution in [0.5, 0.6) is 0 Å². The molecule has 1 aliphatic rings.